The van der Waals surface area contributed by atoms with E-state index in [-0.39, 0.29) is 23.3 Å². The molecule has 1 rings (SSSR count). The van der Waals surface area contributed by atoms with Crippen molar-refractivity contribution in [1.82, 2.24) is 0 Å². The van der Waals surface area contributed by atoms with Crippen LogP contribution in [-0.2, 0) is 19.1 Å². The van der Waals surface area contributed by atoms with Crippen LogP contribution in [0.5, 0.6) is 0 Å². The van der Waals surface area contributed by atoms with Gasteiger partial charge in [-0.25, -0.2) is 0 Å². The van der Waals surface area contributed by atoms with E-state index in [0.717, 1.165) is 12.8 Å². The van der Waals surface area contributed by atoms with Gasteiger partial charge in [0, 0.05) is 25.9 Å². The summed E-state index contributed by atoms with van der Waals surface area (Å²) in [5, 5.41) is 0. The summed E-state index contributed by atoms with van der Waals surface area (Å²) < 4.78 is 5.24. The van der Waals surface area contributed by atoms with Gasteiger partial charge in [-0.3, -0.25) is 14.4 Å². The summed E-state index contributed by atoms with van der Waals surface area (Å²) >= 11 is 0. The summed E-state index contributed by atoms with van der Waals surface area (Å²) in [5.41, 5.74) is 0. The van der Waals surface area contributed by atoms with Crippen molar-refractivity contribution in [1.29, 1.82) is 0 Å². The minimum Gasteiger partial charge on any atom is -0.381 e. The van der Waals surface area contributed by atoms with Crippen LogP contribution < -0.4 is 0 Å². The van der Waals surface area contributed by atoms with Crippen molar-refractivity contribution in [2.75, 3.05) is 13.2 Å². The van der Waals surface area contributed by atoms with Crippen molar-refractivity contribution < 1.29 is 19.1 Å². The molecule has 4 heteroatoms. The molecule has 0 aromatic carbocycles. The van der Waals surface area contributed by atoms with Gasteiger partial charge < -0.3 is 4.74 Å². The second-order valence-electron chi connectivity index (χ2n) is 4.87. The fourth-order valence-electron chi connectivity index (χ4n) is 2.31. The van der Waals surface area contributed by atoms with Gasteiger partial charge in [0.15, 0.2) is 17.3 Å². The average Bonchev–Trinajstić information content (AvgIpc) is 2.33. The predicted molar refractivity (Wildman–Crippen MR) is 67.3 cm³/mol. The second kappa shape index (κ2) is 7.41. The van der Waals surface area contributed by atoms with Gasteiger partial charge in [-0.1, -0.05) is 13.3 Å². The van der Waals surface area contributed by atoms with Crippen molar-refractivity contribution in [3.05, 3.63) is 0 Å². The lowest BCUT2D eigenvalue weighted by molar-refractivity contribution is -0.144. The molecule has 0 N–H and O–H groups in total. The summed E-state index contributed by atoms with van der Waals surface area (Å²) in [6.07, 6.45) is 2.59. The Bertz CT molecular complexity index is 304. The molecule has 0 bridgehead atoms. The summed E-state index contributed by atoms with van der Waals surface area (Å²) in [6.45, 7) is 4.88. The highest BCUT2D eigenvalue weighted by Crippen LogP contribution is 2.25. The third-order valence-corrected chi connectivity index (χ3v) is 3.28. The van der Waals surface area contributed by atoms with Crippen LogP contribution in [0.3, 0.4) is 0 Å². The van der Waals surface area contributed by atoms with E-state index in [0.29, 0.717) is 32.5 Å². The van der Waals surface area contributed by atoms with E-state index in [4.69, 9.17) is 4.74 Å². The van der Waals surface area contributed by atoms with Crippen molar-refractivity contribution in [3.8, 4) is 0 Å². The molecule has 4 nitrogen and oxygen atoms in total. The smallest absolute Gasteiger partial charge is 0.151 e. The molecule has 0 atom stereocenters. The van der Waals surface area contributed by atoms with Gasteiger partial charge >= 0.3 is 0 Å². The van der Waals surface area contributed by atoms with Crippen molar-refractivity contribution >= 4 is 17.3 Å². The molecule has 0 aromatic heterocycles. The maximum Gasteiger partial charge on any atom is 0.151 e. The number of carbonyl (C=O) groups excluding carboxylic acids is 3. The highest BCUT2D eigenvalue weighted by molar-refractivity contribution is 6.20. The third-order valence-electron chi connectivity index (χ3n) is 3.28. The fourth-order valence-corrected chi connectivity index (χ4v) is 2.31. The topological polar surface area (TPSA) is 60.4 Å². The molecule has 1 saturated carbocycles. The van der Waals surface area contributed by atoms with Crippen molar-refractivity contribution in [3.63, 3.8) is 0 Å². The van der Waals surface area contributed by atoms with Crippen LogP contribution >= 0.6 is 0 Å². The molecule has 0 saturated heterocycles. The van der Waals surface area contributed by atoms with Crippen molar-refractivity contribution in [2.45, 2.75) is 46.0 Å². The Hall–Kier alpha value is -1.03. The van der Waals surface area contributed by atoms with Crippen molar-refractivity contribution in [2.24, 2.45) is 11.8 Å². The van der Waals surface area contributed by atoms with E-state index in [2.05, 4.69) is 0 Å². The minimum absolute atomic E-state index is 0.0415. The van der Waals surface area contributed by atoms with E-state index in [1.165, 1.54) is 0 Å². The van der Waals surface area contributed by atoms with E-state index < -0.39 is 5.92 Å². The van der Waals surface area contributed by atoms with Gasteiger partial charge in [-0.15, -0.1) is 0 Å². The molecule has 18 heavy (non-hydrogen) atoms. The van der Waals surface area contributed by atoms with E-state index in [9.17, 15) is 14.4 Å². The number of carbonyl (C=O) groups is 3. The number of ether oxygens (including phenoxy) is 1. The summed E-state index contributed by atoms with van der Waals surface area (Å²) in [4.78, 5) is 35.6. The third kappa shape index (κ3) is 4.02. The highest BCUT2D eigenvalue weighted by atomic mass is 16.5. The quantitative estimate of drug-likeness (QED) is 0.651. The van der Waals surface area contributed by atoms with Crippen LogP contribution in [-0.4, -0.2) is 30.6 Å². The minimum atomic E-state index is -0.977. The Morgan fingerprint density at radius 3 is 2.33 bits per heavy atom. The first-order valence-electron chi connectivity index (χ1n) is 6.76. The van der Waals surface area contributed by atoms with Gasteiger partial charge in [-0.2, -0.15) is 0 Å². The predicted octanol–water partition coefficient (Wildman–Crippen LogP) is 1.95. The number of hydrogen-bond donors (Lipinski definition) is 0. The van der Waals surface area contributed by atoms with E-state index in [1.807, 2.05) is 13.8 Å². The Labute approximate surface area is 108 Å². The largest absolute Gasteiger partial charge is 0.381 e. The van der Waals surface area contributed by atoms with Gasteiger partial charge in [-0.05, 0) is 19.3 Å². The Kier molecular flexibility index (Phi) is 6.19. The molecule has 0 unspecified atom stereocenters. The van der Waals surface area contributed by atoms with Gasteiger partial charge in [0.05, 0.1) is 6.61 Å². The van der Waals surface area contributed by atoms with Gasteiger partial charge in [0.25, 0.3) is 0 Å². The zero-order valence-electron chi connectivity index (χ0n) is 11.2. The van der Waals surface area contributed by atoms with Crippen LogP contribution in [0.1, 0.15) is 46.0 Å². The summed E-state index contributed by atoms with van der Waals surface area (Å²) in [7, 11) is 0. The molecule has 1 aliphatic rings. The fraction of sp³-hybridized carbons (Fsp3) is 0.786. The van der Waals surface area contributed by atoms with Crippen LogP contribution in [0, 0.1) is 11.8 Å². The molecule has 0 aliphatic heterocycles. The molecule has 0 radical (unpaired) electrons. The van der Waals surface area contributed by atoms with Gasteiger partial charge in [0.2, 0.25) is 0 Å². The molecular weight excluding hydrogens is 232 g/mol. The van der Waals surface area contributed by atoms with E-state index in [1.54, 1.807) is 0 Å². The number of ketones is 3. The first-order chi connectivity index (χ1) is 8.60. The van der Waals surface area contributed by atoms with Crippen LogP contribution in [0.25, 0.3) is 0 Å². The first-order valence-corrected chi connectivity index (χ1v) is 6.76. The number of hydrogen-bond acceptors (Lipinski definition) is 4. The molecule has 102 valence electrons. The Morgan fingerprint density at radius 1 is 1.22 bits per heavy atom. The summed E-state index contributed by atoms with van der Waals surface area (Å²) in [6, 6.07) is 0. The zero-order chi connectivity index (χ0) is 13.5. The average molecular weight is 254 g/mol. The number of Topliss-reactive ketones (excluding diaryl/α,β-unsaturated/α-hetero) is 3. The normalized spacial score (nSPS) is 24.3. The molecule has 0 spiro atoms. The van der Waals surface area contributed by atoms with Gasteiger partial charge in [0.1, 0.15) is 5.92 Å². The highest BCUT2D eigenvalue weighted by Gasteiger charge is 2.39. The SMILES string of the molecule is CCCCC(=O)C1C(=O)CC(COCC)CC1=O. The van der Waals surface area contributed by atoms with E-state index >= 15 is 0 Å². The first kappa shape index (κ1) is 15.0. The van der Waals surface area contributed by atoms with Crippen LogP contribution in [0.4, 0.5) is 0 Å². The maximum absolute atomic E-state index is 11.9. The molecule has 1 fully saturated rings. The zero-order valence-corrected chi connectivity index (χ0v) is 11.2. The molecule has 1 aliphatic carbocycles. The Morgan fingerprint density at radius 2 is 1.83 bits per heavy atom. The molecule has 0 amide bonds. The Balaban J connectivity index is 2.55. The van der Waals surface area contributed by atoms with Crippen LogP contribution in [0.15, 0.2) is 0 Å². The monoisotopic (exact) mass is 254 g/mol. The second-order valence-corrected chi connectivity index (χ2v) is 4.87. The lowest BCUT2D eigenvalue weighted by Gasteiger charge is -2.25. The molecular formula is C14H22O4. The summed E-state index contributed by atoms with van der Waals surface area (Å²) in [5.74, 6) is -1.63. The number of unbranched alkanes of at least 4 members (excludes halogenated alkanes) is 1. The number of rotatable bonds is 7. The molecule has 0 aromatic rings. The lowest BCUT2D eigenvalue weighted by atomic mass is 9.77. The molecule has 0 heterocycles. The standard InChI is InChI=1S/C14H22O4/c1-3-5-6-11(15)14-12(16)7-10(8-13(14)17)9-18-4-2/h10,14H,3-9H2,1-2H3. The van der Waals surface area contributed by atoms with Crippen LogP contribution in [0.2, 0.25) is 0 Å². The lowest BCUT2D eigenvalue weighted by Crippen LogP contribution is -2.39. The maximum atomic E-state index is 11.9.